The lowest BCUT2D eigenvalue weighted by Gasteiger charge is -2.07. The van der Waals surface area contributed by atoms with E-state index in [4.69, 9.17) is 16.3 Å². The van der Waals surface area contributed by atoms with Gasteiger partial charge in [0.15, 0.2) is 5.82 Å². The Kier molecular flexibility index (Phi) is 3.64. The molecule has 1 aromatic heterocycles. The summed E-state index contributed by atoms with van der Waals surface area (Å²) in [4.78, 5) is 13.5. The third kappa shape index (κ3) is 2.77. The highest BCUT2D eigenvalue weighted by Crippen LogP contribution is 2.21. The first kappa shape index (κ1) is 11.9. The molecule has 0 bridgehead atoms. The highest BCUT2D eigenvalue weighted by molar-refractivity contribution is 6.17. The lowest BCUT2D eigenvalue weighted by molar-refractivity contribution is 0.317. The van der Waals surface area contributed by atoms with E-state index in [1.54, 1.807) is 12.1 Å². The van der Waals surface area contributed by atoms with Gasteiger partial charge in [-0.3, -0.25) is 4.79 Å². The zero-order valence-electron chi connectivity index (χ0n) is 9.00. The highest BCUT2D eigenvalue weighted by atomic mass is 35.5. The van der Waals surface area contributed by atoms with Gasteiger partial charge in [-0.2, -0.15) is 0 Å². The highest BCUT2D eigenvalue weighted by Gasteiger charge is 2.05. The van der Waals surface area contributed by atoms with Crippen molar-refractivity contribution in [2.45, 2.75) is 6.42 Å². The first-order chi connectivity index (χ1) is 8.20. The van der Waals surface area contributed by atoms with Crippen molar-refractivity contribution in [2.24, 2.45) is 0 Å². The number of ether oxygens (including phenoxy) is 1. The van der Waals surface area contributed by atoms with Crippen LogP contribution in [-0.4, -0.2) is 17.5 Å². The van der Waals surface area contributed by atoms with Crippen LogP contribution in [0.15, 0.2) is 29.1 Å². The van der Waals surface area contributed by atoms with Crippen LogP contribution in [0.3, 0.4) is 0 Å². The molecule has 0 spiro atoms. The van der Waals surface area contributed by atoms with Crippen LogP contribution in [0.4, 0.5) is 4.39 Å². The molecule has 0 fully saturated rings. The summed E-state index contributed by atoms with van der Waals surface area (Å²) in [6.07, 6.45) is 0.701. The molecule has 0 atom stereocenters. The molecule has 5 heteroatoms. The summed E-state index contributed by atoms with van der Waals surface area (Å²) in [6.45, 7) is 0.442. The number of aromatic amines is 1. The number of halogens is 2. The molecule has 0 aliphatic carbocycles. The fourth-order valence-electron chi connectivity index (χ4n) is 1.52. The molecule has 1 aromatic carbocycles. The second-order valence-electron chi connectivity index (χ2n) is 3.58. The first-order valence-corrected chi connectivity index (χ1v) is 5.75. The maximum absolute atomic E-state index is 13.7. The summed E-state index contributed by atoms with van der Waals surface area (Å²) in [7, 11) is 0. The number of pyridine rings is 1. The van der Waals surface area contributed by atoms with Crippen LogP contribution in [0.25, 0.3) is 10.9 Å². The van der Waals surface area contributed by atoms with Crippen LogP contribution < -0.4 is 10.3 Å². The predicted octanol–water partition coefficient (Wildman–Crippen LogP) is 2.67. The Hall–Kier alpha value is -1.55. The molecular weight excluding hydrogens is 245 g/mol. The van der Waals surface area contributed by atoms with Crippen molar-refractivity contribution in [3.05, 3.63) is 40.4 Å². The van der Waals surface area contributed by atoms with Crippen LogP contribution in [0.5, 0.6) is 5.75 Å². The summed E-state index contributed by atoms with van der Waals surface area (Å²) in [5.74, 6) is 0.442. The molecule has 17 heavy (non-hydrogen) atoms. The van der Waals surface area contributed by atoms with Gasteiger partial charge in [0.25, 0.3) is 0 Å². The Morgan fingerprint density at radius 3 is 2.94 bits per heavy atom. The number of hydrogen-bond acceptors (Lipinski definition) is 2. The SMILES string of the molecule is O=c1ccc2cc(OCCCCl)cc(F)c2[nH]1. The second-order valence-corrected chi connectivity index (χ2v) is 3.96. The van der Waals surface area contributed by atoms with Gasteiger partial charge in [0.05, 0.1) is 12.1 Å². The number of benzene rings is 1. The minimum Gasteiger partial charge on any atom is -0.493 e. The molecule has 3 nitrogen and oxygen atoms in total. The Bertz CT molecular complexity index is 582. The average Bonchev–Trinajstić information content (AvgIpc) is 2.31. The molecule has 0 aliphatic heterocycles. The minimum atomic E-state index is -0.499. The molecule has 1 N–H and O–H groups in total. The van der Waals surface area contributed by atoms with Gasteiger partial charge in [-0.1, -0.05) is 0 Å². The number of nitrogens with one attached hydrogen (secondary N) is 1. The molecule has 0 saturated heterocycles. The van der Waals surface area contributed by atoms with Crippen molar-refractivity contribution in [1.29, 1.82) is 0 Å². The number of aromatic nitrogens is 1. The van der Waals surface area contributed by atoms with E-state index in [-0.39, 0.29) is 11.1 Å². The normalized spacial score (nSPS) is 10.7. The van der Waals surface area contributed by atoms with Crippen LogP contribution in [-0.2, 0) is 0 Å². The summed E-state index contributed by atoms with van der Waals surface area (Å²) >= 11 is 5.52. The molecule has 0 amide bonds. The van der Waals surface area contributed by atoms with Gasteiger partial charge in [0.2, 0.25) is 5.56 Å². The van der Waals surface area contributed by atoms with E-state index in [2.05, 4.69) is 4.98 Å². The van der Waals surface area contributed by atoms with Gasteiger partial charge >= 0.3 is 0 Å². The second kappa shape index (κ2) is 5.19. The van der Waals surface area contributed by atoms with E-state index in [1.165, 1.54) is 12.1 Å². The van der Waals surface area contributed by atoms with Crippen LogP contribution in [0, 0.1) is 5.82 Å². The largest absolute Gasteiger partial charge is 0.493 e. The van der Waals surface area contributed by atoms with Crippen molar-refractivity contribution in [3.8, 4) is 5.75 Å². The molecular formula is C12H11ClFNO2. The van der Waals surface area contributed by atoms with Crippen molar-refractivity contribution in [1.82, 2.24) is 4.98 Å². The molecule has 1 heterocycles. The minimum absolute atomic E-state index is 0.196. The third-order valence-corrected chi connectivity index (χ3v) is 2.57. The molecule has 2 rings (SSSR count). The standard InChI is InChI=1S/C12H11ClFNO2/c13-4-1-5-17-9-6-8-2-3-11(16)15-12(8)10(14)7-9/h2-3,6-7H,1,4-5H2,(H,15,16). The van der Waals surface area contributed by atoms with Crippen molar-refractivity contribution in [3.63, 3.8) is 0 Å². The quantitative estimate of drug-likeness (QED) is 0.674. The molecule has 0 aliphatic rings. The summed E-state index contributed by atoms with van der Waals surface area (Å²) in [6, 6.07) is 5.85. The van der Waals surface area contributed by atoms with E-state index >= 15 is 0 Å². The van der Waals surface area contributed by atoms with Gasteiger partial charge in [-0.25, -0.2) is 4.39 Å². The number of fused-ring (bicyclic) bond motifs is 1. The fraction of sp³-hybridized carbons (Fsp3) is 0.250. The van der Waals surface area contributed by atoms with E-state index in [0.29, 0.717) is 30.0 Å². The van der Waals surface area contributed by atoms with Crippen molar-refractivity contribution >= 4 is 22.5 Å². The molecule has 90 valence electrons. The zero-order chi connectivity index (χ0) is 12.3. The van der Waals surface area contributed by atoms with Gasteiger partial charge in [-0.15, -0.1) is 11.6 Å². The maximum atomic E-state index is 13.7. The topological polar surface area (TPSA) is 42.1 Å². The number of alkyl halides is 1. The van der Waals surface area contributed by atoms with E-state index in [0.717, 1.165) is 0 Å². The molecule has 0 unspecified atom stereocenters. The monoisotopic (exact) mass is 255 g/mol. The summed E-state index contributed by atoms with van der Waals surface area (Å²) in [5, 5.41) is 0.602. The summed E-state index contributed by atoms with van der Waals surface area (Å²) in [5.41, 5.74) is -0.130. The molecule has 0 saturated carbocycles. The summed E-state index contributed by atoms with van der Waals surface area (Å²) < 4.78 is 19.0. The lowest BCUT2D eigenvalue weighted by atomic mass is 10.2. The predicted molar refractivity (Wildman–Crippen MR) is 65.4 cm³/mol. The lowest BCUT2D eigenvalue weighted by Crippen LogP contribution is -2.04. The smallest absolute Gasteiger partial charge is 0.248 e. The van der Waals surface area contributed by atoms with Crippen LogP contribution >= 0.6 is 11.6 Å². The Morgan fingerprint density at radius 2 is 2.18 bits per heavy atom. The van der Waals surface area contributed by atoms with Gasteiger partial charge in [0, 0.05) is 23.4 Å². The molecule has 2 aromatic rings. The first-order valence-electron chi connectivity index (χ1n) is 5.22. The third-order valence-electron chi connectivity index (χ3n) is 2.30. The number of hydrogen-bond donors (Lipinski definition) is 1. The van der Waals surface area contributed by atoms with Crippen LogP contribution in [0.1, 0.15) is 6.42 Å². The fourth-order valence-corrected chi connectivity index (χ4v) is 1.63. The Labute approximate surface area is 102 Å². The Morgan fingerprint density at radius 1 is 1.35 bits per heavy atom. The van der Waals surface area contributed by atoms with E-state index < -0.39 is 5.82 Å². The zero-order valence-corrected chi connectivity index (χ0v) is 9.76. The van der Waals surface area contributed by atoms with E-state index in [9.17, 15) is 9.18 Å². The van der Waals surface area contributed by atoms with Gasteiger partial charge in [-0.05, 0) is 18.6 Å². The van der Waals surface area contributed by atoms with Crippen molar-refractivity contribution in [2.75, 3.05) is 12.5 Å². The maximum Gasteiger partial charge on any atom is 0.248 e. The van der Waals surface area contributed by atoms with Gasteiger partial charge < -0.3 is 9.72 Å². The Balaban J connectivity index is 2.35. The number of rotatable bonds is 4. The van der Waals surface area contributed by atoms with Crippen LogP contribution in [0.2, 0.25) is 0 Å². The van der Waals surface area contributed by atoms with Gasteiger partial charge in [0.1, 0.15) is 5.75 Å². The van der Waals surface area contributed by atoms with Crippen molar-refractivity contribution < 1.29 is 9.13 Å². The number of H-pyrrole nitrogens is 1. The van der Waals surface area contributed by atoms with E-state index in [1.807, 2.05) is 0 Å². The molecule has 0 radical (unpaired) electrons. The average molecular weight is 256 g/mol.